The number of ether oxygens (including phenoxy) is 1. The molecule has 0 atom stereocenters. The minimum Gasteiger partial charge on any atom is -0.507 e. The van der Waals surface area contributed by atoms with Gasteiger partial charge in [-0.3, -0.25) is 4.79 Å². The first-order valence-electron chi connectivity index (χ1n) is 12.7. The topological polar surface area (TPSA) is 82.1 Å². The van der Waals surface area contributed by atoms with Gasteiger partial charge in [-0.15, -0.1) is 0 Å². The lowest BCUT2D eigenvalue weighted by Gasteiger charge is -2.35. The van der Waals surface area contributed by atoms with Crippen LogP contribution < -0.4 is 10.2 Å². The predicted molar refractivity (Wildman–Crippen MR) is 147 cm³/mol. The monoisotopic (exact) mass is 501 g/mol. The van der Waals surface area contributed by atoms with Crippen molar-refractivity contribution in [2.45, 2.75) is 33.3 Å². The molecule has 37 heavy (non-hydrogen) atoms. The molecule has 0 radical (unpaired) electrons. The van der Waals surface area contributed by atoms with Gasteiger partial charge >= 0.3 is 5.97 Å². The lowest BCUT2D eigenvalue weighted by molar-refractivity contribution is 0.00708. The maximum absolute atomic E-state index is 13.4. The van der Waals surface area contributed by atoms with Crippen LogP contribution in [0.4, 0.5) is 11.4 Å². The molecule has 194 valence electrons. The number of carbonyl (C=O) groups excluding carboxylic acids is 2. The number of piperazine rings is 1. The fourth-order valence-corrected chi connectivity index (χ4v) is 4.38. The molecule has 1 saturated heterocycles. The van der Waals surface area contributed by atoms with Gasteiger partial charge in [0.1, 0.15) is 11.4 Å². The Hall–Kier alpha value is -3.84. The van der Waals surface area contributed by atoms with Gasteiger partial charge in [-0.25, -0.2) is 4.79 Å². The fraction of sp³-hybridized carbons (Fsp3) is 0.333. The highest BCUT2D eigenvalue weighted by atomic mass is 16.6. The summed E-state index contributed by atoms with van der Waals surface area (Å²) in [6.07, 6.45) is 0. The van der Waals surface area contributed by atoms with E-state index in [1.54, 1.807) is 45.0 Å². The number of benzene rings is 3. The van der Waals surface area contributed by atoms with Crippen molar-refractivity contribution in [1.82, 2.24) is 4.90 Å². The summed E-state index contributed by atoms with van der Waals surface area (Å²) < 4.78 is 5.59. The van der Waals surface area contributed by atoms with Crippen LogP contribution >= 0.6 is 0 Å². The number of amides is 1. The van der Waals surface area contributed by atoms with Gasteiger partial charge in [0.05, 0.1) is 16.8 Å². The van der Waals surface area contributed by atoms with E-state index in [1.165, 1.54) is 0 Å². The highest BCUT2D eigenvalue weighted by Crippen LogP contribution is 2.30. The summed E-state index contributed by atoms with van der Waals surface area (Å²) in [7, 11) is 0. The van der Waals surface area contributed by atoms with Crippen LogP contribution in [-0.2, 0) is 4.74 Å². The predicted octanol–water partition coefficient (Wildman–Crippen LogP) is 5.41. The van der Waals surface area contributed by atoms with Gasteiger partial charge in [-0.05, 0) is 68.8 Å². The lowest BCUT2D eigenvalue weighted by Crippen LogP contribution is -2.46. The fourth-order valence-electron chi connectivity index (χ4n) is 4.38. The zero-order valence-electron chi connectivity index (χ0n) is 22.0. The van der Waals surface area contributed by atoms with Crippen LogP contribution in [-0.4, -0.2) is 60.2 Å². The van der Waals surface area contributed by atoms with Crippen molar-refractivity contribution in [3.8, 4) is 16.9 Å². The Morgan fingerprint density at radius 2 is 1.59 bits per heavy atom. The molecule has 7 heteroatoms. The molecule has 2 N–H and O–H groups in total. The summed E-state index contributed by atoms with van der Waals surface area (Å²) in [4.78, 5) is 31.0. The Kier molecular flexibility index (Phi) is 7.83. The smallest absolute Gasteiger partial charge is 0.340 e. The van der Waals surface area contributed by atoms with Gasteiger partial charge in [0.25, 0.3) is 5.91 Å². The van der Waals surface area contributed by atoms with Crippen LogP contribution in [0.15, 0.2) is 66.7 Å². The van der Waals surface area contributed by atoms with E-state index in [-0.39, 0.29) is 16.9 Å². The molecular formula is C30H35N3O4. The molecule has 1 fully saturated rings. The Morgan fingerprint density at radius 3 is 2.24 bits per heavy atom. The van der Waals surface area contributed by atoms with Gasteiger partial charge in [0, 0.05) is 31.9 Å². The molecule has 0 aromatic heterocycles. The third-order valence-corrected chi connectivity index (χ3v) is 6.40. The number of carbonyl (C=O) groups is 2. The highest BCUT2D eigenvalue weighted by Gasteiger charge is 2.24. The number of rotatable bonds is 6. The van der Waals surface area contributed by atoms with Crippen molar-refractivity contribution < 1.29 is 19.4 Å². The van der Waals surface area contributed by atoms with Crippen molar-refractivity contribution in [2.24, 2.45) is 0 Å². The van der Waals surface area contributed by atoms with E-state index >= 15 is 0 Å². The van der Waals surface area contributed by atoms with Crippen molar-refractivity contribution in [3.63, 3.8) is 0 Å². The first-order valence-corrected chi connectivity index (χ1v) is 12.7. The van der Waals surface area contributed by atoms with Gasteiger partial charge in [-0.2, -0.15) is 0 Å². The Labute approximate surface area is 218 Å². The second-order valence-corrected chi connectivity index (χ2v) is 10.2. The molecule has 0 aliphatic carbocycles. The summed E-state index contributed by atoms with van der Waals surface area (Å²) in [5.74, 6) is -1.15. The molecule has 0 bridgehead atoms. The number of nitrogens with one attached hydrogen (secondary N) is 1. The Balaban J connectivity index is 1.64. The molecule has 1 amide bonds. The van der Waals surface area contributed by atoms with E-state index in [2.05, 4.69) is 22.0 Å². The number of phenolic OH excluding ortho intramolecular Hbond substituents is 1. The molecule has 1 heterocycles. The van der Waals surface area contributed by atoms with Crippen LogP contribution in [0.5, 0.6) is 5.75 Å². The van der Waals surface area contributed by atoms with Crippen LogP contribution in [0.3, 0.4) is 0 Å². The van der Waals surface area contributed by atoms with E-state index in [0.717, 1.165) is 49.5 Å². The Bertz CT molecular complexity index is 1260. The molecule has 1 aliphatic heterocycles. The summed E-state index contributed by atoms with van der Waals surface area (Å²) >= 11 is 0. The van der Waals surface area contributed by atoms with E-state index in [1.807, 2.05) is 42.5 Å². The van der Waals surface area contributed by atoms with Crippen molar-refractivity contribution in [2.75, 3.05) is 42.9 Å². The summed E-state index contributed by atoms with van der Waals surface area (Å²) in [6.45, 7) is 12.1. The van der Waals surface area contributed by atoms with Gasteiger partial charge in [0.2, 0.25) is 0 Å². The van der Waals surface area contributed by atoms with Crippen molar-refractivity contribution in [3.05, 3.63) is 77.9 Å². The number of esters is 1. The third kappa shape index (κ3) is 6.49. The maximum atomic E-state index is 13.4. The normalized spacial score (nSPS) is 14.3. The second kappa shape index (κ2) is 11.0. The van der Waals surface area contributed by atoms with E-state index in [4.69, 9.17) is 4.74 Å². The highest BCUT2D eigenvalue weighted by molar-refractivity contribution is 6.10. The van der Waals surface area contributed by atoms with Crippen LogP contribution in [0, 0.1) is 0 Å². The van der Waals surface area contributed by atoms with Crippen LogP contribution in [0.1, 0.15) is 48.4 Å². The summed E-state index contributed by atoms with van der Waals surface area (Å²) in [6, 6.07) is 20.0. The third-order valence-electron chi connectivity index (χ3n) is 6.40. The molecule has 1 aliphatic rings. The Morgan fingerprint density at radius 1 is 0.892 bits per heavy atom. The lowest BCUT2D eigenvalue weighted by atomic mass is 10.0. The molecule has 3 aromatic carbocycles. The zero-order valence-corrected chi connectivity index (χ0v) is 22.0. The van der Waals surface area contributed by atoms with Crippen molar-refractivity contribution >= 4 is 23.3 Å². The summed E-state index contributed by atoms with van der Waals surface area (Å²) in [5, 5.41) is 13.4. The van der Waals surface area contributed by atoms with Gasteiger partial charge < -0.3 is 25.0 Å². The molecule has 4 rings (SSSR count). The molecule has 0 unspecified atom stereocenters. The van der Waals surface area contributed by atoms with E-state index in [9.17, 15) is 14.7 Å². The van der Waals surface area contributed by atoms with Crippen molar-refractivity contribution in [1.29, 1.82) is 0 Å². The first kappa shape index (κ1) is 26.2. The number of hydrogen-bond acceptors (Lipinski definition) is 6. The molecule has 7 nitrogen and oxygen atoms in total. The minimum absolute atomic E-state index is 0.119. The number of phenols is 1. The molecule has 0 spiro atoms. The average Bonchev–Trinajstić information content (AvgIpc) is 2.88. The van der Waals surface area contributed by atoms with Gasteiger partial charge in [-0.1, -0.05) is 43.3 Å². The number of nitrogens with zero attached hydrogens (tertiary/aromatic N) is 2. The van der Waals surface area contributed by atoms with Crippen LogP contribution in [0.2, 0.25) is 0 Å². The number of anilines is 2. The molecular weight excluding hydrogens is 466 g/mol. The SMILES string of the molecule is CCN1CCN(c2ccc(O)c(C(=O)Nc3cc(-c4ccccc4)ccc3C(=O)OC(C)(C)C)c2)CC1. The average molecular weight is 502 g/mol. The molecule has 0 saturated carbocycles. The maximum Gasteiger partial charge on any atom is 0.340 e. The largest absolute Gasteiger partial charge is 0.507 e. The molecule has 3 aromatic rings. The van der Waals surface area contributed by atoms with E-state index in [0.29, 0.717) is 5.69 Å². The first-order chi connectivity index (χ1) is 17.6. The standard InChI is InChI=1S/C30H35N3O4/c1-5-32-15-17-33(18-16-32)23-12-14-27(34)25(20-23)28(35)31-26-19-22(21-9-7-6-8-10-21)11-13-24(26)29(36)37-30(2,3)4/h6-14,19-20,34H,5,15-18H2,1-4H3,(H,31,35). The summed E-state index contributed by atoms with van der Waals surface area (Å²) in [5.41, 5.74) is 2.70. The quantitative estimate of drug-likeness (QED) is 0.440. The van der Waals surface area contributed by atoms with Gasteiger partial charge in [0.15, 0.2) is 0 Å². The van der Waals surface area contributed by atoms with E-state index < -0.39 is 17.5 Å². The van der Waals surface area contributed by atoms with Crippen LogP contribution in [0.25, 0.3) is 11.1 Å². The second-order valence-electron chi connectivity index (χ2n) is 10.2. The number of aromatic hydroxyl groups is 1. The minimum atomic E-state index is -0.690. The zero-order chi connectivity index (χ0) is 26.6. The number of likely N-dealkylation sites (N-methyl/N-ethyl adjacent to an activating group) is 1. The number of hydrogen-bond donors (Lipinski definition) is 2.